The van der Waals surface area contributed by atoms with Crippen LogP contribution in [0.25, 0.3) is 5.13 Å². The molecule has 0 bridgehead atoms. The van der Waals surface area contributed by atoms with Gasteiger partial charge in [0, 0.05) is 11.6 Å². The highest BCUT2D eigenvalue weighted by Gasteiger charge is 2.11. The second-order valence-electron chi connectivity index (χ2n) is 2.84. The molecule has 2 heterocycles. The van der Waals surface area contributed by atoms with Crippen LogP contribution >= 0.6 is 11.3 Å². The van der Waals surface area contributed by atoms with Crippen molar-refractivity contribution in [1.82, 2.24) is 9.55 Å². The van der Waals surface area contributed by atoms with E-state index in [1.165, 1.54) is 11.3 Å². The summed E-state index contributed by atoms with van der Waals surface area (Å²) in [7, 11) is 0. The van der Waals surface area contributed by atoms with E-state index in [-0.39, 0.29) is 5.69 Å². The van der Waals surface area contributed by atoms with Crippen LogP contribution in [-0.4, -0.2) is 20.6 Å². The molecular weight excluding hydrogens is 200 g/mol. The van der Waals surface area contributed by atoms with Gasteiger partial charge < -0.3 is 5.11 Å². The molecule has 2 aromatic heterocycles. The standard InChI is InChI=1S/C9H8N2O2S/c1-6-5-14-9(10-6)11-4-2-3-7(11)8(12)13/h2-5H,1H3,(H,12,13). The number of aromatic nitrogens is 2. The SMILES string of the molecule is Cc1csc(-n2cccc2C(=O)O)n1. The van der Waals surface area contributed by atoms with E-state index in [0.717, 1.165) is 5.69 Å². The van der Waals surface area contributed by atoms with Gasteiger partial charge in [-0.15, -0.1) is 11.3 Å². The minimum Gasteiger partial charge on any atom is -0.477 e. The average Bonchev–Trinajstić information content (AvgIpc) is 2.70. The molecule has 0 amide bonds. The molecule has 72 valence electrons. The topological polar surface area (TPSA) is 55.1 Å². The molecule has 0 saturated heterocycles. The first-order valence-corrected chi connectivity index (χ1v) is 4.89. The lowest BCUT2D eigenvalue weighted by Crippen LogP contribution is -2.05. The van der Waals surface area contributed by atoms with Crippen LogP contribution in [-0.2, 0) is 0 Å². The Morgan fingerprint density at radius 2 is 2.43 bits per heavy atom. The lowest BCUT2D eigenvalue weighted by Gasteiger charge is -1.99. The maximum Gasteiger partial charge on any atom is 0.352 e. The summed E-state index contributed by atoms with van der Waals surface area (Å²) in [5.41, 5.74) is 1.13. The summed E-state index contributed by atoms with van der Waals surface area (Å²) in [6.07, 6.45) is 1.70. The second-order valence-corrected chi connectivity index (χ2v) is 3.68. The number of nitrogens with zero attached hydrogens (tertiary/aromatic N) is 2. The van der Waals surface area contributed by atoms with Gasteiger partial charge in [-0.25, -0.2) is 9.78 Å². The average molecular weight is 208 g/mol. The van der Waals surface area contributed by atoms with Crippen molar-refractivity contribution in [2.24, 2.45) is 0 Å². The molecule has 0 fully saturated rings. The first-order chi connectivity index (χ1) is 6.68. The molecule has 14 heavy (non-hydrogen) atoms. The fraction of sp³-hybridized carbons (Fsp3) is 0.111. The zero-order valence-corrected chi connectivity index (χ0v) is 8.28. The van der Waals surface area contributed by atoms with Crippen LogP contribution in [0.3, 0.4) is 0 Å². The van der Waals surface area contributed by atoms with Gasteiger partial charge >= 0.3 is 5.97 Å². The first-order valence-electron chi connectivity index (χ1n) is 4.01. The highest BCUT2D eigenvalue weighted by atomic mass is 32.1. The molecule has 2 aromatic rings. The number of rotatable bonds is 2. The summed E-state index contributed by atoms with van der Waals surface area (Å²) in [6.45, 7) is 1.88. The molecule has 0 aromatic carbocycles. The van der Waals surface area contributed by atoms with E-state index >= 15 is 0 Å². The highest BCUT2D eigenvalue weighted by molar-refractivity contribution is 7.12. The molecule has 0 spiro atoms. The molecule has 0 aliphatic carbocycles. The molecule has 0 aliphatic heterocycles. The third-order valence-electron chi connectivity index (χ3n) is 1.78. The van der Waals surface area contributed by atoms with Crippen molar-refractivity contribution < 1.29 is 9.90 Å². The van der Waals surface area contributed by atoms with Gasteiger partial charge in [-0.05, 0) is 19.1 Å². The number of carbonyl (C=O) groups is 1. The largest absolute Gasteiger partial charge is 0.477 e. The van der Waals surface area contributed by atoms with Gasteiger partial charge in [-0.3, -0.25) is 4.57 Å². The fourth-order valence-electron chi connectivity index (χ4n) is 1.17. The molecule has 0 aliphatic rings. The molecule has 0 saturated carbocycles. The maximum atomic E-state index is 10.8. The molecule has 4 nitrogen and oxygen atoms in total. The number of aromatic carboxylic acids is 1. The number of hydrogen-bond acceptors (Lipinski definition) is 3. The summed E-state index contributed by atoms with van der Waals surface area (Å²) in [5.74, 6) is -0.942. The lowest BCUT2D eigenvalue weighted by atomic mass is 10.4. The van der Waals surface area contributed by atoms with Crippen LogP contribution in [0.15, 0.2) is 23.7 Å². The van der Waals surface area contributed by atoms with Crippen LogP contribution in [0, 0.1) is 6.92 Å². The van der Waals surface area contributed by atoms with Crippen LogP contribution in [0.4, 0.5) is 0 Å². The number of hydrogen-bond donors (Lipinski definition) is 1. The van der Waals surface area contributed by atoms with Crippen LogP contribution < -0.4 is 0 Å². The predicted octanol–water partition coefficient (Wildman–Crippen LogP) is 1.94. The minimum absolute atomic E-state index is 0.236. The Bertz CT molecular complexity index is 473. The predicted molar refractivity (Wildman–Crippen MR) is 53.1 cm³/mol. The molecule has 0 unspecified atom stereocenters. The van der Waals surface area contributed by atoms with Crippen molar-refractivity contribution in [1.29, 1.82) is 0 Å². The number of aryl methyl sites for hydroxylation is 1. The Morgan fingerprint density at radius 1 is 1.64 bits per heavy atom. The van der Waals surface area contributed by atoms with Crippen molar-refractivity contribution in [3.8, 4) is 5.13 Å². The zero-order valence-electron chi connectivity index (χ0n) is 7.47. The fourth-order valence-corrected chi connectivity index (χ4v) is 1.97. The van der Waals surface area contributed by atoms with Gasteiger partial charge in [0.15, 0.2) is 5.13 Å². The van der Waals surface area contributed by atoms with E-state index in [1.807, 2.05) is 12.3 Å². The van der Waals surface area contributed by atoms with E-state index < -0.39 is 5.97 Å². The Labute approximate surface area is 84.5 Å². The van der Waals surface area contributed by atoms with Gasteiger partial charge in [-0.2, -0.15) is 0 Å². The summed E-state index contributed by atoms with van der Waals surface area (Å²) in [5, 5.41) is 11.5. The Morgan fingerprint density at radius 3 is 3.00 bits per heavy atom. The van der Waals surface area contributed by atoms with E-state index in [4.69, 9.17) is 5.11 Å². The second kappa shape index (κ2) is 3.26. The van der Waals surface area contributed by atoms with Gasteiger partial charge in [0.25, 0.3) is 0 Å². The van der Waals surface area contributed by atoms with E-state index in [2.05, 4.69) is 4.98 Å². The van der Waals surface area contributed by atoms with E-state index in [0.29, 0.717) is 5.13 Å². The van der Waals surface area contributed by atoms with Gasteiger partial charge in [0.05, 0.1) is 5.69 Å². The Kier molecular flexibility index (Phi) is 2.09. The number of thiazole rings is 1. The van der Waals surface area contributed by atoms with Crippen LogP contribution in [0.5, 0.6) is 0 Å². The summed E-state index contributed by atoms with van der Waals surface area (Å²) in [4.78, 5) is 15.0. The molecular formula is C9H8N2O2S. The molecule has 2 rings (SSSR count). The number of carboxylic acids is 1. The lowest BCUT2D eigenvalue weighted by molar-refractivity contribution is 0.0688. The van der Waals surface area contributed by atoms with Crippen molar-refractivity contribution in [3.63, 3.8) is 0 Å². The number of carboxylic acid groups (broad SMARTS) is 1. The van der Waals surface area contributed by atoms with E-state index in [1.54, 1.807) is 22.9 Å². The van der Waals surface area contributed by atoms with Crippen molar-refractivity contribution in [3.05, 3.63) is 35.1 Å². The summed E-state index contributed by atoms with van der Waals surface area (Å²) < 4.78 is 1.57. The molecule has 5 heteroatoms. The van der Waals surface area contributed by atoms with Gasteiger partial charge in [0.1, 0.15) is 5.69 Å². The Hall–Kier alpha value is -1.62. The minimum atomic E-state index is -0.942. The van der Waals surface area contributed by atoms with Crippen LogP contribution in [0.2, 0.25) is 0 Å². The van der Waals surface area contributed by atoms with Crippen molar-refractivity contribution >= 4 is 17.3 Å². The molecule has 0 radical (unpaired) electrons. The highest BCUT2D eigenvalue weighted by Crippen LogP contribution is 2.17. The smallest absolute Gasteiger partial charge is 0.352 e. The third-order valence-corrected chi connectivity index (χ3v) is 2.74. The zero-order chi connectivity index (χ0) is 10.1. The van der Waals surface area contributed by atoms with Gasteiger partial charge in [0.2, 0.25) is 0 Å². The van der Waals surface area contributed by atoms with Crippen LogP contribution in [0.1, 0.15) is 16.2 Å². The monoisotopic (exact) mass is 208 g/mol. The summed E-state index contributed by atoms with van der Waals surface area (Å²) in [6, 6.07) is 3.25. The van der Waals surface area contributed by atoms with Gasteiger partial charge in [-0.1, -0.05) is 0 Å². The maximum absolute atomic E-state index is 10.8. The Balaban J connectivity index is 2.51. The third kappa shape index (κ3) is 1.42. The first kappa shape index (κ1) is 8.96. The normalized spacial score (nSPS) is 10.4. The van der Waals surface area contributed by atoms with E-state index in [9.17, 15) is 4.79 Å². The molecule has 0 atom stereocenters. The quantitative estimate of drug-likeness (QED) is 0.820. The van der Waals surface area contributed by atoms with Crippen molar-refractivity contribution in [2.75, 3.05) is 0 Å². The van der Waals surface area contributed by atoms with Crippen molar-refractivity contribution in [2.45, 2.75) is 6.92 Å². The summed E-state index contributed by atoms with van der Waals surface area (Å²) >= 11 is 1.43. The molecule has 1 N–H and O–H groups in total.